The van der Waals surface area contributed by atoms with Crippen LogP contribution in [-0.2, 0) is 0 Å². The molecule has 0 aromatic heterocycles. The van der Waals surface area contributed by atoms with Crippen molar-refractivity contribution in [3.8, 4) is 5.75 Å². The zero-order chi connectivity index (χ0) is 15.7. The molecule has 0 aliphatic carbocycles. The SMILES string of the molecule is O=C(Nc1ccc(Br)cc1Cl)c1ccc2ccccc2c1O. The van der Waals surface area contributed by atoms with Crippen LogP contribution >= 0.6 is 27.5 Å². The fourth-order valence-corrected chi connectivity index (χ4v) is 2.94. The third kappa shape index (κ3) is 2.80. The summed E-state index contributed by atoms with van der Waals surface area (Å²) >= 11 is 9.40. The Kier molecular flexibility index (Phi) is 4.05. The highest BCUT2D eigenvalue weighted by molar-refractivity contribution is 9.10. The lowest BCUT2D eigenvalue weighted by Gasteiger charge is -2.10. The average Bonchev–Trinajstić information content (AvgIpc) is 2.50. The smallest absolute Gasteiger partial charge is 0.259 e. The van der Waals surface area contributed by atoms with Crippen LogP contribution in [0.25, 0.3) is 10.8 Å². The van der Waals surface area contributed by atoms with Gasteiger partial charge in [0.05, 0.1) is 16.3 Å². The molecule has 110 valence electrons. The Labute approximate surface area is 140 Å². The summed E-state index contributed by atoms with van der Waals surface area (Å²) < 4.78 is 0.823. The predicted molar refractivity (Wildman–Crippen MR) is 92.7 cm³/mol. The molecule has 0 radical (unpaired) electrons. The van der Waals surface area contributed by atoms with Gasteiger partial charge in [-0.3, -0.25) is 4.79 Å². The molecule has 0 bridgehead atoms. The molecular weight excluding hydrogens is 366 g/mol. The third-order valence-electron chi connectivity index (χ3n) is 3.32. The zero-order valence-corrected chi connectivity index (χ0v) is 13.6. The number of nitrogens with one attached hydrogen (secondary N) is 1. The summed E-state index contributed by atoms with van der Waals surface area (Å²) in [6.45, 7) is 0. The first-order valence-electron chi connectivity index (χ1n) is 6.53. The van der Waals surface area contributed by atoms with Crippen LogP contribution in [0.15, 0.2) is 59.1 Å². The maximum atomic E-state index is 12.4. The maximum Gasteiger partial charge on any atom is 0.259 e. The third-order valence-corrected chi connectivity index (χ3v) is 4.13. The van der Waals surface area contributed by atoms with Crippen LogP contribution < -0.4 is 5.32 Å². The van der Waals surface area contributed by atoms with E-state index in [2.05, 4.69) is 21.2 Å². The Hall–Kier alpha value is -2.04. The van der Waals surface area contributed by atoms with Gasteiger partial charge in [-0.05, 0) is 29.7 Å². The summed E-state index contributed by atoms with van der Waals surface area (Å²) in [5, 5.41) is 14.9. The molecule has 3 aromatic carbocycles. The van der Waals surface area contributed by atoms with Crippen LogP contribution in [0.3, 0.4) is 0 Å². The van der Waals surface area contributed by atoms with E-state index >= 15 is 0 Å². The molecule has 3 aromatic rings. The number of phenols is 1. The standard InChI is InChI=1S/C17H11BrClNO2/c18-11-6-8-15(14(19)9-11)20-17(22)13-7-5-10-3-1-2-4-12(10)16(13)21/h1-9,21H,(H,20,22). The fourth-order valence-electron chi connectivity index (χ4n) is 2.22. The van der Waals surface area contributed by atoms with Crippen molar-refractivity contribution < 1.29 is 9.90 Å². The van der Waals surface area contributed by atoms with Gasteiger partial charge in [0.2, 0.25) is 0 Å². The maximum absolute atomic E-state index is 12.4. The van der Waals surface area contributed by atoms with E-state index in [1.807, 2.05) is 18.2 Å². The van der Waals surface area contributed by atoms with E-state index in [1.165, 1.54) is 0 Å². The summed E-state index contributed by atoms with van der Waals surface area (Å²) in [6.07, 6.45) is 0. The number of carbonyl (C=O) groups is 1. The first kappa shape index (κ1) is 14.9. The Morgan fingerprint density at radius 1 is 1.09 bits per heavy atom. The first-order valence-corrected chi connectivity index (χ1v) is 7.70. The van der Waals surface area contributed by atoms with E-state index in [1.54, 1.807) is 36.4 Å². The minimum Gasteiger partial charge on any atom is -0.506 e. The van der Waals surface area contributed by atoms with Crippen LogP contribution in [0.4, 0.5) is 5.69 Å². The van der Waals surface area contributed by atoms with Crippen LogP contribution in [-0.4, -0.2) is 11.0 Å². The van der Waals surface area contributed by atoms with E-state index in [4.69, 9.17) is 11.6 Å². The first-order chi connectivity index (χ1) is 10.6. The Morgan fingerprint density at radius 2 is 1.86 bits per heavy atom. The summed E-state index contributed by atoms with van der Waals surface area (Å²) in [6, 6.07) is 15.9. The largest absolute Gasteiger partial charge is 0.506 e. The van der Waals surface area contributed by atoms with Crippen LogP contribution in [0.2, 0.25) is 5.02 Å². The van der Waals surface area contributed by atoms with Gasteiger partial charge in [-0.2, -0.15) is 0 Å². The Balaban J connectivity index is 1.97. The predicted octanol–water partition coefficient (Wildman–Crippen LogP) is 5.21. The second-order valence-corrected chi connectivity index (χ2v) is 6.08. The van der Waals surface area contributed by atoms with Crippen LogP contribution in [0, 0.1) is 0 Å². The van der Waals surface area contributed by atoms with Gasteiger partial charge >= 0.3 is 0 Å². The normalized spacial score (nSPS) is 10.6. The van der Waals surface area contributed by atoms with Gasteiger partial charge in [-0.1, -0.05) is 57.9 Å². The van der Waals surface area contributed by atoms with Crippen molar-refractivity contribution in [3.63, 3.8) is 0 Å². The number of hydrogen-bond acceptors (Lipinski definition) is 2. The molecule has 0 unspecified atom stereocenters. The minimum atomic E-state index is -0.410. The van der Waals surface area contributed by atoms with E-state index in [0.29, 0.717) is 16.1 Å². The van der Waals surface area contributed by atoms with Crippen molar-refractivity contribution in [1.29, 1.82) is 0 Å². The van der Waals surface area contributed by atoms with Crippen molar-refractivity contribution in [2.24, 2.45) is 0 Å². The number of benzene rings is 3. The van der Waals surface area contributed by atoms with Crippen molar-refractivity contribution in [3.05, 3.63) is 69.7 Å². The Morgan fingerprint density at radius 3 is 2.64 bits per heavy atom. The highest BCUT2D eigenvalue weighted by Crippen LogP contribution is 2.30. The second-order valence-electron chi connectivity index (χ2n) is 4.76. The monoisotopic (exact) mass is 375 g/mol. The summed E-state index contributed by atoms with van der Waals surface area (Å²) in [5.41, 5.74) is 0.695. The average molecular weight is 377 g/mol. The van der Waals surface area contributed by atoms with Gasteiger partial charge in [0, 0.05) is 9.86 Å². The van der Waals surface area contributed by atoms with Crippen molar-refractivity contribution in [1.82, 2.24) is 0 Å². The molecule has 2 N–H and O–H groups in total. The minimum absolute atomic E-state index is 0.0381. The topological polar surface area (TPSA) is 49.3 Å². The number of fused-ring (bicyclic) bond motifs is 1. The van der Waals surface area contributed by atoms with Gasteiger partial charge in [0.1, 0.15) is 5.75 Å². The van der Waals surface area contributed by atoms with E-state index in [9.17, 15) is 9.90 Å². The molecule has 0 saturated carbocycles. The second kappa shape index (κ2) is 5.99. The molecule has 0 atom stereocenters. The highest BCUT2D eigenvalue weighted by atomic mass is 79.9. The number of phenolic OH excluding ortho intramolecular Hbond substituents is 1. The van der Waals surface area contributed by atoms with Crippen LogP contribution in [0.1, 0.15) is 10.4 Å². The molecule has 22 heavy (non-hydrogen) atoms. The molecule has 0 heterocycles. The lowest BCUT2D eigenvalue weighted by Crippen LogP contribution is -2.12. The Bertz CT molecular complexity index is 880. The van der Waals surface area contributed by atoms with Crippen molar-refractivity contribution in [2.45, 2.75) is 0 Å². The quantitative estimate of drug-likeness (QED) is 0.645. The summed E-state index contributed by atoms with van der Waals surface area (Å²) in [4.78, 5) is 12.4. The lowest BCUT2D eigenvalue weighted by molar-refractivity contribution is 0.102. The molecule has 3 rings (SSSR count). The molecule has 0 saturated heterocycles. The molecule has 0 aliphatic rings. The molecule has 1 amide bonds. The van der Waals surface area contributed by atoms with E-state index < -0.39 is 5.91 Å². The van der Waals surface area contributed by atoms with Crippen molar-refractivity contribution in [2.75, 3.05) is 5.32 Å². The van der Waals surface area contributed by atoms with Gasteiger partial charge in [-0.25, -0.2) is 0 Å². The molecular formula is C17H11BrClNO2. The molecule has 0 fully saturated rings. The summed E-state index contributed by atoms with van der Waals surface area (Å²) in [7, 11) is 0. The molecule has 3 nitrogen and oxygen atoms in total. The zero-order valence-electron chi connectivity index (χ0n) is 11.3. The molecule has 0 aliphatic heterocycles. The summed E-state index contributed by atoms with van der Waals surface area (Å²) in [5.74, 6) is -0.448. The number of carbonyl (C=O) groups excluding carboxylic acids is 1. The fraction of sp³-hybridized carbons (Fsp3) is 0. The lowest BCUT2D eigenvalue weighted by atomic mass is 10.0. The van der Waals surface area contributed by atoms with Gasteiger partial charge in [0.25, 0.3) is 5.91 Å². The number of halogens is 2. The number of rotatable bonds is 2. The van der Waals surface area contributed by atoms with Crippen LogP contribution in [0.5, 0.6) is 5.75 Å². The highest BCUT2D eigenvalue weighted by Gasteiger charge is 2.15. The number of aromatic hydroxyl groups is 1. The van der Waals surface area contributed by atoms with Gasteiger partial charge in [-0.15, -0.1) is 0 Å². The number of anilines is 1. The number of amides is 1. The van der Waals surface area contributed by atoms with Gasteiger partial charge in [0.15, 0.2) is 0 Å². The number of hydrogen-bond donors (Lipinski definition) is 2. The molecule has 0 spiro atoms. The van der Waals surface area contributed by atoms with E-state index in [0.717, 1.165) is 9.86 Å². The van der Waals surface area contributed by atoms with E-state index in [-0.39, 0.29) is 11.3 Å². The van der Waals surface area contributed by atoms with Gasteiger partial charge < -0.3 is 10.4 Å². The van der Waals surface area contributed by atoms with Crippen molar-refractivity contribution >= 4 is 49.9 Å². The molecule has 5 heteroatoms.